The third-order valence-corrected chi connectivity index (χ3v) is 3.07. The summed E-state index contributed by atoms with van der Waals surface area (Å²) in [6.45, 7) is 4.80. The molecule has 88 valence electrons. The van der Waals surface area contributed by atoms with Crippen molar-refractivity contribution in [1.82, 2.24) is 10.2 Å². The van der Waals surface area contributed by atoms with Gasteiger partial charge in [-0.05, 0) is 38.8 Å². The number of hydrogen-bond donors (Lipinski definition) is 1. The van der Waals surface area contributed by atoms with Crippen LogP contribution in [0.4, 0.5) is 0 Å². The molecule has 0 saturated carbocycles. The van der Waals surface area contributed by atoms with E-state index in [0.29, 0.717) is 5.92 Å². The second kappa shape index (κ2) is 6.08. The molecule has 0 bridgehead atoms. The second-order valence-electron chi connectivity index (χ2n) is 4.29. The van der Waals surface area contributed by atoms with Gasteiger partial charge in [-0.3, -0.25) is 4.79 Å². The lowest BCUT2D eigenvalue weighted by molar-refractivity contribution is -0.140. The Balaban J connectivity index is 2.33. The quantitative estimate of drug-likeness (QED) is 0.740. The number of ether oxygens (including phenoxy) is 1. The van der Waals surface area contributed by atoms with Gasteiger partial charge in [0.15, 0.2) is 0 Å². The summed E-state index contributed by atoms with van der Waals surface area (Å²) in [5.41, 5.74) is 0. The molecular formula is C11H22N2O2. The summed E-state index contributed by atoms with van der Waals surface area (Å²) in [6.07, 6.45) is 2.01. The minimum atomic E-state index is -0.322. The average Bonchev–Trinajstić information content (AvgIpc) is 2.28. The topological polar surface area (TPSA) is 41.6 Å². The van der Waals surface area contributed by atoms with Crippen molar-refractivity contribution >= 4 is 5.91 Å². The summed E-state index contributed by atoms with van der Waals surface area (Å²) in [4.78, 5) is 13.5. The Kier molecular flexibility index (Phi) is 5.05. The van der Waals surface area contributed by atoms with Crippen LogP contribution in [0.5, 0.6) is 0 Å². The van der Waals surface area contributed by atoms with Crippen LogP contribution in [0.3, 0.4) is 0 Å². The van der Waals surface area contributed by atoms with Gasteiger partial charge in [-0.25, -0.2) is 0 Å². The number of amides is 1. The summed E-state index contributed by atoms with van der Waals surface area (Å²) in [6, 6.07) is 0. The van der Waals surface area contributed by atoms with Gasteiger partial charge in [0, 0.05) is 20.7 Å². The van der Waals surface area contributed by atoms with Gasteiger partial charge in [0.1, 0.15) is 6.10 Å². The molecule has 1 rings (SSSR count). The smallest absolute Gasteiger partial charge is 0.251 e. The summed E-state index contributed by atoms with van der Waals surface area (Å²) in [5.74, 6) is 0.722. The van der Waals surface area contributed by atoms with E-state index in [2.05, 4.69) is 5.32 Å². The molecule has 1 fully saturated rings. The number of piperidine rings is 1. The fraction of sp³-hybridized carbons (Fsp3) is 0.909. The van der Waals surface area contributed by atoms with Gasteiger partial charge in [-0.1, -0.05) is 0 Å². The van der Waals surface area contributed by atoms with Gasteiger partial charge < -0.3 is 15.0 Å². The predicted octanol–water partition coefficient (Wildman–Crippen LogP) is 0.479. The van der Waals surface area contributed by atoms with Gasteiger partial charge in [0.2, 0.25) is 0 Å². The highest BCUT2D eigenvalue weighted by Crippen LogP contribution is 2.13. The van der Waals surface area contributed by atoms with Crippen LogP contribution in [-0.2, 0) is 9.53 Å². The molecule has 0 aromatic rings. The molecule has 0 aromatic heterocycles. The van der Waals surface area contributed by atoms with Crippen LogP contribution >= 0.6 is 0 Å². The largest absolute Gasteiger partial charge is 0.372 e. The van der Waals surface area contributed by atoms with Gasteiger partial charge in [0.25, 0.3) is 5.91 Å². The van der Waals surface area contributed by atoms with Crippen LogP contribution < -0.4 is 5.32 Å². The van der Waals surface area contributed by atoms with E-state index in [-0.39, 0.29) is 12.0 Å². The molecular weight excluding hydrogens is 192 g/mol. The van der Waals surface area contributed by atoms with Crippen LogP contribution in [0.2, 0.25) is 0 Å². The first-order valence-electron chi connectivity index (χ1n) is 5.63. The first kappa shape index (κ1) is 12.5. The lowest BCUT2D eigenvalue weighted by Crippen LogP contribution is -2.41. The first-order chi connectivity index (χ1) is 7.15. The van der Waals surface area contributed by atoms with Crippen molar-refractivity contribution in [3.63, 3.8) is 0 Å². The Hall–Kier alpha value is -0.610. The number of nitrogens with one attached hydrogen (secondary N) is 1. The summed E-state index contributed by atoms with van der Waals surface area (Å²) < 4.78 is 5.02. The number of methoxy groups -OCH3 is 1. The monoisotopic (exact) mass is 214 g/mol. The molecule has 1 unspecified atom stereocenters. The van der Waals surface area contributed by atoms with Gasteiger partial charge >= 0.3 is 0 Å². The molecule has 0 aromatic carbocycles. The molecule has 0 aliphatic carbocycles. The Bertz CT molecular complexity index is 203. The lowest BCUT2D eigenvalue weighted by atomic mass is 9.97. The Labute approximate surface area is 92.0 Å². The minimum absolute atomic E-state index is 0.0797. The maximum atomic E-state index is 11.7. The summed E-state index contributed by atoms with van der Waals surface area (Å²) in [7, 11) is 3.43. The fourth-order valence-electron chi connectivity index (χ4n) is 1.95. The molecule has 1 aliphatic rings. The molecule has 1 aliphatic heterocycles. The van der Waals surface area contributed by atoms with Crippen LogP contribution in [0.25, 0.3) is 0 Å². The van der Waals surface area contributed by atoms with E-state index in [1.54, 1.807) is 18.9 Å². The van der Waals surface area contributed by atoms with Crippen molar-refractivity contribution in [3.8, 4) is 0 Å². The number of carbonyl (C=O) groups is 1. The molecule has 1 saturated heterocycles. The van der Waals surface area contributed by atoms with Crippen LogP contribution in [0.1, 0.15) is 19.8 Å². The zero-order chi connectivity index (χ0) is 11.3. The molecule has 0 spiro atoms. The number of rotatable bonds is 4. The summed E-state index contributed by atoms with van der Waals surface area (Å²) in [5, 5.41) is 3.32. The van der Waals surface area contributed by atoms with Crippen LogP contribution in [0, 0.1) is 5.92 Å². The van der Waals surface area contributed by atoms with Crippen LogP contribution in [0.15, 0.2) is 0 Å². The molecule has 4 nitrogen and oxygen atoms in total. The number of nitrogens with zero attached hydrogens (tertiary/aromatic N) is 1. The second-order valence-corrected chi connectivity index (χ2v) is 4.29. The molecule has 1 atom stereocenters. The normalized spacial score (nSPS) is 19.9. The average molecular weight is 214 g/mol. The highest BCUT2D eigenvalue weighted by atomic mass is 16.5. The number of likely N-dealkylation sites (N-methyl/N-ethyl adjacent to an activating group) is 1. The van der Waals surface area contributed by atoms with Crippen molar-refractivity contribution < 1.29 is 9.53 Å². The number of hydrogen-bond acceptors (Lipinski definition) is 3. The fourth-order valence-corrected chi connectivity index (χ4v) is 1.95. The standard InChI is InChI=1S/C11H22N2O2/c1-9(15-3)11(14)13(2)8-10-4-6-12-7-5-10/h9-10,12H,4-8H2,1-3H3. The maximum Gasteiger partial charge on any atom is 0.251 e. The SMILES string of the molecule is COC(C)C(=O)N(C)CC1CCNCC1. The van der Waals surface area contributed by atoms with Crippen molar-refractivity contribution in [2.45, 2.75) is 25.9 Å². The van der Waals surface area contributed by atoms with E-state index < -0.39 is 0 Å². The Morgan fingerprint density at radius 3 is 2.67 bits per heavy atom. The lowest BCUT2D eigenvalue weighted by Gasteiger charge is -2.28. The van der Waals surface area contributed by atoms with Crippen molar-refractivity contribution in [2.75, 3.05) is 33.8 Å². The molecule has 1 amide bonds. The van der Waals surface area contributed by atoms with Crippen molar-refractivity contribution in [1.29, 1.82) is 0 Å². The van der Waals surface area contributed by atoms with E-state index >= 15 is 0 Å². The van der Waals surface area contributed by atoms with E-state index in [9.17, 15) is 4.79 Å². The molecule has 1 heterocycles. The molecule has 4 heteroatoms. The van der Waals surface area contributed by atoms with Crippen molar-refractivity contribution in [2.24, 2.45) is 5.92 Å². The first-order valence-corrected chi connectivity index (χ1v) is 5.63. The highest BCUT2D eigenvalue weighted by Gasteiger charge is 2.21. The maximum absolute atomic E-state index is 11.7. The third-order valence-electron chi connectivity index (χ3n) is 3.07. The van der Waals surface area contributed by atoms with Gasteiger partial charge in [-0.15, -0.1) is 0 Å². The predicted molar refractivity (Wildman–Crippen MR) is 59.7 cm³/mol. The van der Waals surface area contributed by atoms with E-state index in [1.165, 1.54) is 12.8 Å². The van der Waals surface area contributed by atoms with E-state index in [0.717, 1.165) is 19.6 Å². The van der Waals surface area contributed by atoms with Gasteiger partial charge in [0.05, 0.1) is 0 Å². The van der Waals surface area contributed by atoms with E-state index in [4.69, 9.17) is 4.74 Å². The van der Waals surface area contributed by atoms with Crippen LogP contribution in [-0.4, -0.2) is 50.7 Å². The van der Waals surface area contributed by atoms with E-state index in [1.807, 2.05) is 7.05 Å². The highest BCUT2D eigenvalue weighted by molar-refractivity contribution is 5.80. The van der Waals surface area contributed by atoms with Crippen molar-refractivity contribution in [3.05, 3.63) is 0 Å². The minimum Gasteiger partial charge on any atom is -0.372 e. The summed E-state index contributed by atoms with van der Waals surface area (Å²) >= 11 is 0. The Morgan fingerprint density at radius 1 is 1.53 bits per heavy atom. The molecule has 0 radical (unpaired) electrons. The zero-order valence-corrected chi connectivity index (χ0v) is 9.95. The number of carbonyl (C=O) groups excluding carboxylic acids is 1. The van der Waals surface area contributed by atoms with Gasteiger partial charge in [-0.2, -0.15) is 0 Å². The molecule has 1 N–H and O–H groups in total. The zero-order valence-electron chi connectivity index (χ0n) is 9.95. The Morgan fingerprint density at radius 2 is 2.13 bits per heavy atom. The molecule has 15 heavy (non-hydrogen) atoms. The third kappa shape index (κ3) is 3.80.